The number of nitrogens with one attached hydrogen (secondary N) is 2. The van der Waals surface area contributed by atoms with Gasteiger partial charge in [0.05, 0.1) is 0 Å². The summed E-state index contributed by atoms with van der Waals surface area (Å²) < 4.78 is 5.06. The van der Waals surface area contributed by atoms with Gasteiger partial charge in [-0.1, -0.05) is 0 Å². The molecule has 2 rings (SSSR count). The van der Waals surface area contributed by atoms with Crippen LogP contribution in [0.25, 0.3) is 10.9 Å². The lowest BCUT2D eigenvalue weighted by Crippen LogP contribution is -2.16. The average Bonchev–Trinajstić information content (AvgIpc) is 2.73. The summed E-state index contributed by atoms with van der Waals surface area (Å²) in [5.41, 5.74) is 2.34. The van der Waals surface area contributed by atoms with Crippen molar-refractivity contribution in [3.05, 3.63) is 30.5 Å². The lowest BCUT2D eigenvalue weighted by molar-refractivity contribution is 0.191. The molecule has 2 N–H and O–H groups in total. The van der Waals surface area contributed by atoms with Crippen molar-refractivity contribution in [1.82, 2.24) is 4.98 Å². The summed E-state index contributed by atoms with van der Waals surface area (Å²) in [6, 6.07) is 8.87. The SMILES string of the molecule is COCCC(C)Nc1ccc2[nH]ccc2c1. The second-order valence-corrected chi connectivity index (χ2v) is 4.11. The van der Waals surface area contributed by atoms with E-state index in [-0.39, 0.29) is 0 Å². The normalized spacial score (nSPS) is 12.9. The Bertz CT molecular complexity index is 450. The van der Waals surface area contributed by atoms with Gasteiger partial charge >= 0.3 is 0 Å². The molecule has 0 fully saturated rings. The Kier molecular flexibility index (Phi) is 3.47. The largest absolute Gasteiger partial charge is 0.385 e. The third-order valence-corrected chi connectivity index (χ3v) is 2.72. The molecule has 16 heavy (non-hydrogen) atoms. The summed E-state index contributed by atoms with van der Waals surface area (Å²) in [5.74, 6) is 0. The zero-order valence-electron chi connectivity index (χ0n) is 9.79. The molecule has 0 saturated carbocycles. The lowest BCUT2D eigenvalue weighted by atomic mass is 10.2. The number of rotatable bonds is 5. The molecule has 1 aromatic carbocycles. The van der Waals surface area contributed by atoms with Gasteiger partial charge in [-0.05, 0) is 37.6 Å². The molecular formula is C13H18N2O. The molecule has 0 aliphatic rings. The highest BCUT2D eigenvalue weighted by atomic mass is 16.5. The van der Waals surface area contributed by atoms with Gasteiger partial charge in [0, 0.05) is 42.5 Å². The fraction of sp³-hybridized carbons (Fsp3) is 0.385. The van der Waals surface area contributed by atoms with Crippen molar-refractivity contribution in [3.8, 4) is 0 Å². The maximum Gasteiger partial charge on any atom is 0.0481 e. The monoisotopic (exact) mass is 218 g/mol. The molecule has 3 nitrogen and oxygen atoms in total. The molecule has 1 aromatic heterocycles. The molecular weight excluding hydrogens is 200 g/mol. The third-order valence-electron chi connectivity index (χ3n) is 2.72. The number of hydrogen-bond donors (Lipinski definition) is 2. The Labute approximate surface area is 95.8 Å². The van der Waals surface area contributed by atoms with E-state index in [1.54, 1.807) is 7.11 Å². The fourth-order valence-corrected chi connectivity index (χ4v) is 1.79. The van der Waals surface area contributed by atoms with Gasteiger partial charge in [-0.3, -0.25) is 0 Å². The Balaban J connectivity index is 2.03. The van der Waals surface area contributed by atoms with Gasteiger partial charge in [0.15, 0.2) is 0 Å². The van der Waals surface area contributed by atoms with Crippen LogP contribution in [0.5, 0.6) is 0 Å². The second-order valence-electron chi connectivity index (χ2n) is 4.11. The van der Waals surface area contributed by atoms with Crippen LogP contribution in [-0.2, 0) is 4.74 Å². The number of aromatic amines is 1. The van der Waals surface area contributed by atoms with Crippen LogP contribution in [0.2, 0.25) is 0 Å². The van der Waals surface area contributed by atoms with Crippen molar-refractivity contribution < 1.29 is 4.74 Å². The van der Waals surface area contributed by atoms with Crippen LogP contribution in [0.4, 0.5) is 5.69 Å². The van der Waals surface area contributed by atoms with Crippen LogP contribution >= 0.6 is 0 Å². The molecule has 3 heteroatoms. The highest BCUT2D eigenvalue weighted by molar-refractivity contribution is 5.82. The minimum Gasteiger partial charge on any atom is -0.385 e. The van der Waals surface area contributed by atoms with Crippen LogP contribution < -0.4 is 5.32 Å². The van der Waals surface area contributed by atoms with Crippen molar-refractivity contribution in [2.75, 3.05) is 19.0 Å². The molecule has 1 unspecified atom stereocenters. The van der Waals surface area contributed by atoms with E-state index in [0.717, 1.165) is 18.7 Å². The molecule has 0 spiro atoms. The number of aromatic nitrogens is 1. The molecule has 2 aromatic rings. The fourth-order valence-electron chi connectivity index (χ4n) is 1.79. The van der Waals surface area contributed by atoms with E-state index in [2.05, 4.69) is 41.5 Å². The molecule has 0 aliphatic heterocycles. The summed E-state index contributed by atoms with van der Waals surface area (Å²) in [6.45, 7) is 2.96. The summed E-state index contributed by atoms with van der Waals surface area (Å²) >= 11 is 0. The second kappa shape index (κ2) is 5.03. The first-order valence-electron chi connectivity index (χ1n) is 5.62. The third kappa shape index (κ3) is 2.55. The van der Waals surface area contributed by atoms with Gasteiger partial charge in [0.25, 0.3) is 0 Å². The van der Waals surface area contributed by atoms with Crippen molar-refractivity contribution in [3.63, 3.8) is 0 Å². The summed E-state index contributed by atoms with van der Waals surface area (Å²) in [7, 11) is 1.73. The van der Waals surface area contributed by atoms with Gasteiger partial charge in [-0.15, -0.1) is 0 Å². The molecule has 0 aliphatic carbocycles. The zero-order chi connectivity index (χ0) is 11.4. The number of benzene rings is 1. The van der Waals surface area contributed by atoms with E-state index in [1.165, 1.54) is 10.9 Å². The van der Waals surface area contributed by atoms with Crippen molar-refractivity contribution in [2.45, 2.75) is 19.4 Å². The molecule has 86 valence electrons. The minimum atomic E-state index is 0.427. The summed E-state index contributed by atoms with van der Waals surface area (Å²) in [5, 5.41) is 4.70. The van der Waals surface area contributed by atoms with Gasteiger partial charge in [-0.25, -0.2) is 0 Å². The van der Waals surface area contributed by atoms with Crippen molar-refractivity contribution in [2.24, 2.45) is 0 Å². The van der Waals surface area contributed by atoms with Gasteiger partial charge in [0.1, 0.15) is 0 Å². The van der Waals surface area contributed by atoms with Crippen LogP contribution in [-0.4, -0.2) is 24.7 Å². The Morgan fingerprint density at radius 2 is 2.25 bits per heavy atom. The standard InChI is InChI=1S/C13H18N2O/c1-10(6-8-16-2)15-12-3-4-13-11(9-12)5-7-14-13/h3-5,7,9-10,14-15H,6,8H2,1-2H3. The zero-order valence-corrected chi connectivity index (χ0v) is 9.79. The van der Waals surface area contributed by atoms with E-state index in [9.17, 15) is 0 Å². The van der Waals surface area contributed by atoms with Crippen LogP contribution in [0.15, 0.2) is 30.5 Å². The molecule has 1 heterocycles. The Morgan fingerprint density at radius 1 is 1.38 bits per heavy atom. The van der Waals surface area contributed by atoms with Crippen LogP contribution in [0, 0.1) is 0 Å². The molecule has 1 atom stereocenters. The Morgan fingerprint density at radius 3 is 3.06 bits per heavy atom. The molecule has 0 bridgehead atoms. The van der Waals surface area contributed by atoms with Crippen molar-refractivity contribution >= 4 is 16.6 Å². The molecule has 0 amide bonds. The number of hydrogen-bond acceptors (Lipinski definition) is 2. The molecule has 0 saturated heterocycles. The smallest absolute Gasteiger partial charge is 0.0481 e. The topological polar surface area (TPSA) is 37.0 Å². The van der Waals surface area contributed by atoms with E-state index in [0.29, 0.717) is 6.04 Å². The average molecular weight is 218 g/mol. The van der Waals surface area contributed by atoms with Gasteiger partial charge in [0.2, 0.25) is 0 Å². The van der Waals surface area contributed by atoms with E-state index in [1.807, 2.05) is 6.20 Å². The summed E-state index contributed by atoms with van der Waals surface area (Å²) in [6.07, 6.45) is 2.98. The maximum absolute atomic E-state index is 5.06. The Hall–Kier alpha value is -1.48. The highest BCUT2D eigenvalue weighted by Crippen LogP contribution is 2.18. The first-order chi connectivity index (χ1) is 7.79. The maximum atomic E-state index is 5.06. The number of methoxy groups -OCH3 is 1. The van der Waals surface area contributed by atoms with E-state index < -0.39 is 0 Å². The predicted octanol–water partition coefficient (Wildman–Crippen LogP) is 3.00. The van der Waals surface area contributed by atoms with Gasteiger partial charge < -0.3 is 15.0 Å². The summed E-state index contributed by atoms with van der Waals surface area (Å²) in [4.78, 5) is 3.19. The van der Waals surface area contributed by atoms with Crippen molar-refractivity contribution in [1.29, 1.82) is 0 Å². The minimum absolute atomic E-state index is 0.427. The highest BCUT2D eigenvalue weighted by Gasteiger charge is 2.02. The number of H-pyrrole nitrogens is 1. The van der Waals surface area contributed by atoms with E-state index in [4.69, 9.17) is 4.74 Å². The number of ether oxygens (including phenoxy) is 1. The quantitative estimate of drug-likeness (QED) is 0.809. The number of anilines is 1. The first-order valence-corrected chi connectivity index (χ1v) is 5.62. The van der Waals surface area contributed by atoms with Crippen LogP contribution in [0.3, 0.4) is 0 Å². The molecule has 0 radical (unpaired) electrons. The van der Waals surface area contributed by atoms with E-state index >= 15 is 0 Å². The van der Waals surface area contributed by atoms with Crippen LogP contribution in [0.1, 0.15) is 13.3 Å². The first kappa shape index (κ1) is 11.0. The predicted molar refractivity (Wildman–Crippen MR) is 67.9 cm³/mol. The van der Waals surface area contributed by atoms with Gasteiger partial charge in [-0.2, -0.15) is 0 Å². The number of fused-ring (bicyclic) bond motifs is 1. The lowest BCUT2D eigenvalue weighted by Gasteiger charge is -2.14.